The molecule has 0 bridgehead atoms. The van der Waals surface area contributed by atoms with Crippen molar-refractivity contribution in [2.24, 2.45) is 11.8 Å². The number of hydrogen-bond acceptors (Lipinski definition) is 3. The highest BCUT2D eigenvalue weighted by molar-refractivity contribution is 5.85. The topological polar surface area (TPSA) is 41.6 Å². The molecule has 2 fully saturated rings. The molecule has 23 heavy (non-hydrogen) atoms. The van der Waals surface area contributed by atoms with Crippen LogP contribution in [0, 0.1) is 23.5 Å². The van der Waals surface area contributed by atoms with E-state index in [1.807, 2.05) is 0 Å². The third-order valence-corrected chi connectivity index (χ3v) is 4.62. The molecule has 0 unspecified atom stereocenters. The van der Waals surface area contributed by atoms with E-state index < -0.39 is 11.6 Å². The molecule has 2 atom stereocenters. The number of benzene rings is 1. The Morgan fingerprint density at radius 1 is 1.22 bits per heavy atom. The van der Waals surface area contributed by atoms with Gasteiger partial charge in [0.15, 0.2) is 18.2 Å². The van der Waals surface area contributed by atoms with Crippen molar-refractivity contribution in [2.75, 3.05) is 32.8 Å². The largest absolute Gasteiger partial charge is 0.481 e. The molecular formula is C16H21ClF2N2O2. The normalized spacial score (nSPS) is 23.7. The Labute approximate surface area is 140 Å². The zero-order chi connectivity index (χ0) is 15.5. The molecule has 1 amide bonds. The minimum Gasteiger partial charge on any atom is -0.481 e. The van der Waals surface area contributed by atoms with Crippen LogP contribution in [0.3, 0.4) is 0 Å². The number of nitrogens with zero attached hydrogens (tertiary/aromatic N) is 1. The standard InChI is InChI=1S/C16H20F2N2O2.ClH/c17-13-1-2-15(14(18)7-13)22-10-16(21)20-5-3-11-8-19-9-12(11)4-6-20;/h1-2,7,11-12,19H,3-6,8-10H2;1H/t11-,12+;. The monoisotopic (exact) mass is 346 g/mol. The Morgan fingerprint density at radius 2 is 1.87 bits per heavy atom. The summed E-state index contributed by atoms with van der Waals surface area (Å²) in [5, 5.41) is 3.39. The van der Waals surface area contributed by atoms with Gasteiger partial charge in [0.05, 0.1) is 0 Å². The number of halogens is 3. The van der Waals surface area contributed by atoms with Gasteiger partial charge in [-0.15, -0.1) is 12.4 Å². The Bertz CT molecular complexity index is 545. The van der Waals surface area contributed by atoms with Crippen molar-refractivity contribution in [3.63, 3.8) is 0 Å². The maximum absolute atomic E-state index is 13.5. The minimum absolute atomic E-state index is 0. The molecule has 1 N–H and O–H groups in total. The lowest BCUT2D eigenvalue weighted by Gasteiger charge is -2.21. The highest BCUT2D eigenvalue weighted by atomic mass is 35.5. The molecule has 2 aliphatic heterocycles. The number of ether oxygens (including phenoxy) is 1. The SMILES string of the molecule is Cl.O=C(COc1ccc(F)cc1F)N1CC[C@@H]2CNC[C@@H]2CC1. The molecule has 0 spiro atoms. The summed E-state index contributed by atoms with van der Waals surface area (Å²) in [6, 6.07) is 3.07. The van der Waals surface area contributed by atoms with Crippen molar-refractivity contribution in [3.8, 4) is 5.75 Å². The third kappa shape index (κ3) is 4.32. The Hall–Kier alpha value is -1.40. The van der Waals surface area contributed by atoms with Crippen LogP contribution < -0.4 is 10.1 Å². The van der Waals surface area contributed by atoms with Gasteiger partial charge in [-0.2, -0.15) is 0 Å². The second-order valence-electron chi connectivity index (χ2n) is 6.00. The highest BCUT2D eigenvalue weighted by Gasteiger charge is 2.31. The molecule has 0 aromatic heterocycles. The molecule has 1 aromatic rings. The van der Waals surface area contributed by atoms with E-state index in [1.165, 1.54) is 6.07 Å². The van der Waals surface area contributed by atoms with Crippen LogP contribution in [-0.4, -0.2) is 43.6 Å². The van der Waals surface area contributed by atoms with Crippen LogP contribution in [0.4, 0.5) is 8.78 Å². The van der Waals surface area contributed by atoms with Gasteiger partial charge >= 0.3 is 0 Å². The van der Waals surface area contributed by atoms with E-state index in [-0.39, 0.29) is 30.7 Å². The molecule has 1 aromatic carbocycles. The van der Waals surface area contributed by atoms with Gasteiger partial charge in [0, 0.05) is 19.2 Å². The molecule has 2 saturated heterocycles. The highest BCUT2D eigenvalue weighted by Crippen LogP contribution is 2.27. The average Bonchev–Trinajstić information content (AvgIpc) is 2.85. The average molecular weight is 347 g/mol. The van der Waals surface area contributed by atoms with Crippen molar-refractivity contribution < 1.29 is 18.3 Å². The number of likely N-dealkylation sites (tertiary alicyclic amines) is 1. The lowest BCUT2D eigenvalue weighted by atomic mass is 9.92. The number of rotatable bonds is 3. The molecule has 2 aliphatic rings. The number of carbonyl (C=O) groups is 1. The third-order valence-electron chi connectivity index (χ3n) is 4.62. The van der Waals surface area contributed by atoms with Crippen LogP contribution in [0.2, 0.25) is 0 Å². The number of fused-ring (bicyclic) bond motifs is 1. The van der Waals surface area contributed by atoms with E-state index >= 15 is 0 Å². The van der Waals surface area contributed by atoms with Crippen LogP contribution in [0.5, 0.6) is 5.75 Å². The number of amides is 1. The molecule has 3 rings (SSSR count). The van der Waals surface area contributed by atoms with Gasteiger partial charge in [-0.05, 0) is 49.9 Å². The van der Waals surface area contributed by atoms with Gasteiger partial charge < -0.3 is 15.0 Å². The molecule has 0 saturated carbocycles. The first-order chi connectivity index (χ1) is 10.6. The van der Waals surface area contributed by atoms with Crippen molar-refractivity contribution in [1.82, 2.24) is 10.2 Å². The van der Waals surface area contributed by atoms with Crippen LogP contribution in [0.15, 0.2) is 18.2 Å². The second-order valence-corrected chi connectivity index (χ2v) is 6.00. The first-order valence-corrected chi connectivity index (χ1v) is 7.70. The van der Waals surface area contributed by atoms with Crippen LogP contribution in [-0.2, 0) is 4.79 Å². The van der Waals surface area contributed by atoms with Crippen LogP contribution in [0.25, 0.3) is 0 Å². The maximum Gasteiger partial charge on any atom is 0.260 e. The molecule has 4 nitrogen and oxygen atoms in total. The quantitative estimate of drug-likeness (QED) is 0.912. The van der Waals surface area contributed by atoms with Crippen LogP contribution in [0.1, 0.15) is 12.8 Å². The number of carbonyl (C=O) groups excluding carboxylic acids is 1. The summed E-state index contributed by atoms with van der Waals surface area (Å²) in [4.78, 5) is 14.0. The predicted molar refractivity (Wildman–Crippen MR) is 84.8 cm³/mol. The summed E-state index contributed by atoms with van der Waals surface area (Å²) in [5.41, 5.74) is 0. The van der Waals surface area contributed by atoms with E-state index in [0.29, 0.717) is 11.8 Å². The van der Waals surface area contributed by atoms with Gasteiger partial charge in [-0.25, -0.2) is 8.78 Å². The van der Waals surface area contributed by atoms with E-state index in [1.54, 1.807) is 4.90 Å². The van der Waals surface area contributed by atoms with E-state index in [9.17, 15) is 13.6 Å². The van der Waals surface area contributed by atoms with Crippen molar-refractivity contribution in [2.45, 2.75) is 12.8 Å². The summed E-state index contributed by atoms with van der Waals surface area (Å²) in [6.07, 6.45) is 1.99. The van der Waals surface area contributed by atoms with Crippen molar-refractivity contribution >= 4 is 18.3 Å². The molecule has 7 heteroatoms. The fourth-order valence-electron chi connectivity index (χ4n) is 3.29. The summed E-state index contributed by atoms with van der Waals surface area (Å²) in [6.45, 7) is 3.29. The Kier molecular flexibility index (Phi) is 6.18. The molecule has 0 aliphatic carbocycles. The summed E-state index contributed by atoms with van der Waals surface area (Å²) in [5.74, 6) is -0.392. The zero-order valence-electron chi connectivity index (χ0n) is 12.8. The lowest BCUT2D eigenvalue weighted by Crippen LogP contribution is -2.36. The number of hydrogen-bond donors (Lipinski definition) is 1. The first kappa shape index (κ1) is 17.9. The van der Waals surface area contributed by atoms with E-state index in [4.69, 9.17) is 4.74 Å². The fourth-order valence-corrected chi connectivity index (χ4v) is 3.29. The van der Waals surface area contributed by atoms with Gasteiger partial charge in [0.1, 0.15) is 5.82 Å². The first-order valence-electron chi connectivity index (χ1n) is 7.70. The molecule has 0 radical (unpaired) electrons. The van der Waals surface area contributed by atoms with Gasteiger partial charge in [-0.1, -0.05) is 0 Å². The maximum atomic E-state index is 13.5. The zero-order valence-corrected chi connectivity index (χ0v) is 13.6. The van der Waals surface area contributed by atoms with Gasteiger partial charge in [-0.3, -0.25) is 4.79 Å². The minimum atomic E-state index is -0.788. The predicted octanol–water partition coefficient (Wildman–Crippen LogP) is 2.22. The van der Waals surface area contributed by atoms with E-state index in [2.05, 4.69) is 5.32 Å². The Morgan fingerprint density at radius 3 is 2.48 bits per heavy atom. The molecular weight excluding hydrogens is 326 g/mol. The van der Waals surface area contributed by atoms with E-state index in [0.717, 1.165) is 51.2 Å². The molecule has 128 valence electrons. The van der Waals surface area contributed by atoms with Gasteiger partial charge in [0.25, 0.3) is 5.91 Å². The van der Waals surface area contributed by atoms with Crippen molar-refractivity contribution in [1.29, 1.82) is 0 Å². The lowest BCUT2D eigenvalue weighted by molar-refractivity contribution is -0.133. The Balaban J connectivity index is 0.00000192. The second kappa shape index (κ2) is 7.93. The van der Waals surface area contributed by atoms with Crippen LogP contribution >= 0.6 is 12.4 Å². The molecule has 2 heterocycles. The summed E-state index contributed by atoms with van der Waals surface area (Å²) < 4.78 is 31.5. The summed E-state index contributed by atoms with van der Waals surface area (Å²) in [7, 11) is 0. The van der Waals surface area contributed by atoms with Crippen molar-refractivity contribution in [3.05, 3.63) is 29.8 Å². The van der Waals surface area contributed by atoms with Gasteiger partial charge in [0.2, 0.25) is 0 Å². The summed E-state index contributed by atoms with van der Waals surface area (Å²) >= 11 is 0. The number of nitrogens with one attached hydrogen (secondary N) is 1. The smallest absolute Gasteiger partial charge is 0.260 e. The fraction of sp³-hybridized carbons (Fsp3) is 0.562.